The molecule has 2 rings (SSSR count). The van der Waals surface area contributed by atoms with Crippen LogP contribution in [-0.2, 0) is 0 Å². The third-order valence-electron chi connectivity index (χ3n) is 4.33. The first-order chi connectivity index (χ1) is 9.81. The number of amides is 1. The highest BCUT2D eigenvalue weighted by molar-refractivity contribution is 5.96. The van der Waals surface area contributed by atoms with E-state index in [2.05, 4.69) is 13.8 Å². The molecule has 2 N–H and O–H groups in total. The topological polar surface area (TPSA) is 89.5 Å². The van der Waals surface area contributed by atoms with Crippen molar-refractivity contribution in [2.75, 3.05) is 12.3 Å². The Balaban J connectivity index is 2.31. The smallest absolute Gasteiger partial charge is 0.292 e. The van der Waals surface area contributed by atoms with Gasteiger partial charge in [-0.1, -0.05) is 13.8 Å². The molecule has 6 nitrogen and oxygen atoms in total. The lowest BCUT2D eigenvalue weighted by atomic mass is 9.85. The fourth-order valence-electron chi connectivity index (χ4n) is 2.98. The Morgan fingerprint density at radius 3 is 2.67 bits per heavy atom. The van der Waals surface area contributed by atoms with Gasteiger partial charge >= 0.3 is 0 Å². The number of nitro groups is 1. The van der Waals surface area contributed by atoms with Crippen molar-refractivity contribution in [3.63, 3.8) is 0 Å². The molecule has 114 valence electrons. The first-order valence-corrected chi connectivity index (χ1v) is 7.16. The molecule has 6 heteroatoms. The third-order valence-corrected chi connectivity index (χ3v) is 4.33. The molecular weight excluding hydrogens is 270 g/mol. The monoisotopic (exact) mass is 291 g/mol. The van der Waals surface area contributed by atoms with Gasteiger partial charge in [0.25, 0.3) is 11.6 Å². The lowest BCUT2D eigenvalue weighted by molar-refractivity contribution is -0.383. The average Bonchev–Trinajstić information content (AvgIpc) is 2.42. The van der Waals surface area contributed by atoms with Crippen molar-refractivity contribution in [1.29, 1.82) is 0 Å². The van der Waals surface area contributed by atoms with Gasteiger partial charge in [0.2, 0.25) is 0 Å². The van der Waals surface area contributed by atoms with Crippen molar-refractivity contribution in [2.24, 2.45) is 11.8 Å². The number of nitrogens with zero attached hydrogens (tertiary/aromatic N) is 2. The maximum absolute atomic E-state index is 12.6. The number of carbonyl (C=O) groups excluding carboxylic acids is 1. The van der Waals surface area contributed by atoms with Gasteiger partial charge in [-0.15, -0.1) is 0 Å². The minimum Gasteiger partial charge on any atom is -0.393 e. The summed E-state index contributed by atoms with van der Waals surface area (Å²) in [6, 6.07) is 4.38. The number of hydrogen-bond donors (Lipinski definition) is 1. The zero-order valence-electron chi connectivity index (χ0n) is 12.6. The molecule has 0 aliphatic carbocycles. The molecular formula is C15H21N3O3. The number of benzene rings is 1. The molecule has 0 saturated carbocycles. The van der Waals surface area contributed by atoms with E-state index in [9.17, 15) is 14.9 Å². The number of likely N-dealkylation sites (tertiary alicyclic amines) is 1. The fraction of sp³-hybridized carbons (Fsp3) is 0.533. The van der Waals surface area contributed by atoms with E-state index in [0.717, 1.165) is 6.42 Å². The van der Waals surface area contributed by atoms with Crippen molar-refractivity contribution >= 4 is 17.3 Å². The minimum atomic E-state index is -0.559. The summed E-state index contributed by atoms with van der Waals surface area (Å²) in [5, 5.41) is 10.9. The molecule has 1 fully saturated rings. The third kappa shape index (κ3) is 2.99. The maximum Gasteiger partial charge on any atom is 0.292 e. The molecule has 1 aliphatic rings. The van der Waals surface area contributed by atoms with Gasteiger partial charge in [-0.3, -0.25) is 14.9 Å². The Kier molecular flexibility index (Phi) is 4.16. The molecule has 1 amide bonds. The maximum atomic E-state index is 12.6. The zero-order valence-corrected chi connectivity index (χ0v) is 12.6. The fourth-order valence-corrected chi connectivity index (χ4v) is 2.98. The van der Waals surface area contributed by atoms with Crippen molar-refractivity contribution in [2.45, 2.75) is 33.2 Å². The SMILES string of the molecule is CC1CC(C)C(C)N(C(=O)c2ccc(N)c([N+](=O)[O-])c2)C1. The first-order valence-electron chi connectivity index (χ1n) is 7.16. The van der Waals surface area contributed by atoms with Crippen LogP contribution in [0.15, 0.2) is 18.2 Å². The molecule has 0 aromatic heterocycles. The predicted octanol–water partition coefficient (Wildman–Crippen LogP) is 2.68. The lowest BCUT2D eigenvalue weighted by Crippen LogP contribution is -2.48. The number of hydrogen-bond acceptors (Lipinski definition) is 4. The zero-order chi connectivity index (χ0) is 15.7. The van der Waals surface area contributed by atoms with Crippen molar-refractivity contribution < 1.29 is 9.72 Å². The molecule has 0 radical (unpaired) electrons. The van der Waals surface area contributed by atoms with Crippen LogP contribution in [0.5, 0.6) is 0 Å². The van der Waals surface area contributed by atoms with Crippen LogP contribution >= 0.6 is 0 Å². The van der Waals surface area contributed by atoms with Gasteiger partial charge in [0, 0.05) is 24.2 Å². The second-order valence-corrected chi connectivity index (χ2v) is 6.05. The quantitative estimate of drug-likeness (QED) is 0.515. The second kappa shape index (κ2) is 5.71. The summed E-state index contributed by atoms with van der Waals surface area (Å²) in [7, 11) is 0. The summed E-state index contributed by atoms with van der Waals surface area (Å²) >= 11 is 0. The highest BCUT2D eigenvalue weighted by Crippen LogP contribution is 2.29. The van der Waals surface area contributed by atoms with Crippen molar-refractivity contribution in [3.8, 4) is 0 Å². The largest absolute Gasteiger partial charge is 0.393 e. The number of nitrogen functional groups attached to an aromatic ring is 1. The molecule has 3 atom stereocenters. The summed E-state index contributed by atoms with van der Waals surface area (Å²) in [6.07, 6.45) is 1.09. The standard InChI is InChI=1S/C15H21N3O3/c1-9-6-10(2)11(3)17(8-9)15(19)12-4-5-13(16)14(7-12)18(20)21/h4-5,7,9-11H,6,8,16H2,1-3H3. The summed E-state index contributed by atoms with van der Waals surface area (Å²) < 4.78 is 0. The predicted molar refractivity (Wildman–Crippen MR) is 81.0 cm³/mol. The van der Waals surface area contributed by atoms with E-state index in [1.54, 1.807) is 6.07 Å². The molecule has 1 saturated heterocycles. The number of nitro benzene ring substituents is 1. The van der Waals surface area contributed by atoms with E-state index in [1.165, 1.54) is 12.1 Å². The molecule has 1 aromatic rings. The van der Waals surface area contributed by atoms with E-state index in [-0.39, 0.29) is 23.3 Å². The van der Waals surface area contributed by atoms with Gasteiger partial charge < -0.3 is 10.6 Å². The molecule has 3 unspecified atom stereocenters. The highest BCUT2D eigenvalue weighted by Gasteiger charge is 2.32. The normalized spacial score (nSPS) is 25.7. The van der Waals surface area contributed by atoms with E-state index in [4.69, 9.17) is 5.73 Å². The Morgan fingerprint density at radius 1 is 1.38 bits per heavy atom. The van der Waals surface area contributed by atoms with E-state index in [0.29, 0.717) is 23.9 Å². The van der Waals surface area contributed by atoms with Crippen LogP contribution in [-0.4, -0.2) is 28.3 Å². The summed E-state index contributed by atoms with van der Waals surface area (Å²) in [5.74, 6) is 0.689. The van der Waals surface area contributed by atoms with Crippen LogP contribution < -0.4 is 5.73 Å². The molecule has 21 heavy (non-hydrogen) atoms. The van der Waals surface area contributed by atoms with Gasteiger partial charge in [-0.05, 0) is 37.3 Å². The van der Waals surface area contributed by atoms with Crippen molar-refractivity contribution in [3.05, 3.63) is 33.9 Å². The van der Waals surface area contributed by atoms with Crippen molar-refractivity contribution in [1.82, 2.24) is 4.90 Å². The van der Waals surface area contributed by atoms with Crippen LogP contribution in [0.1, 0.15) is 37.6 Å². The van der Waals surface area contributed by atoms with Gasteiger partial charge in [-0.2, -0.15) is 0 Å². The van der Waals surface area contributed by atoms with Crippen LogP contribution in [0.25, 0.3) is 0 Å². The number of rotatable bonds is 2. The highest BCUT2D eigenvalue weighted by atomic mass is 16.6. The Hall–Kier alpha value is -2.11. The average molecular weight is 291 g/mol. The van der Waals surface area contributed by atoms with E-state index < -0.39 is 4.92 Å². The summed E-state index contributed by atoms with van der Waals surface area (Å²) in [4.78, 5) is 24.8. The molecule has 0 bridgehead atoms. The Labute approximate surface area is 124 Å². The van der Waals surface area contributed by atoms with E-state index >= 15 is 0 Å². The van der Waals surface area contributed by atoms with Crippen LogP contribution in [0.2, 0.25) is 0 Å². The Bertz CT molecular complexity index is 573. The molecule has 1 aliphatic heterocycles. The molecule has 1 heterocycles. The number of nitrogens with two attached hydrogens (primary N) is 1. The molecule has 0 spiro atoms. The number of piperidine rings is 1. The minimum absolute atomic E-state index is 0.0741. The van der Waals surface area contributed by atoms with Crippen LogP contribution in [0.3, 0.4) is 0 Å². The molecule has 1 aromatic carbocycles. The number of carbonyl (C=O) groups is 1. The second-order valence-electron chi connectivity index (χ2n) is 6.05. The van der Waals surface area contributed by atoms with Gasteiger partial charge in [0.05, 0.1) is 4.92 Å². The van der Waals surface area contributed by atoms with Crippen LogP contribution in [0.4, 0.5) is 11.4 Å². The summed E-state index contributed by atoms with van der Waals surface area (Å²) in [5.41, 5.74) is 5.75. The Morgan fingerprint density at radius 2 is 2.05 bits per heavy atom. The first kappa shape index (κ1) is 15.3. The van der Waals surface area contributed by atoms with Gasteiger partial charge in [-0.25, -0.2) is 0 Å². The van der Waals surface area contributed by atoms with Gasteiger partial charge in [0.1, 0.15) is 5.69 Å². The van der Waals surface area contributed by atoms with Crippen LogP contribution in [0, 0.1) is 22.0 Å². The summed E-state index contributed by atoms with van der Waals surface area (Å²) in [6.45, 7) is 6.96. The van der Waals surface area contributed by atoms with Gasteiger partial charge in [0.15, 0.2) is 0 Å². The lowest BCUT2D eigenvalue weighted by Gasteiger charge is -2.41. The number of anilines is 1. The van der Waals surface area contributed by atoms with E-state index in [1.807, 2.05) is 11.8 Å².